The Morgan fingerprint density at radius 2 is 2.07 bits per heavy atom. The van der Waals surface area contributed by atoms with Crippen LogP contribution < -0.4 is 0 Å². The van der Waals surface area contributed by atoms with E-state index in [9.17, 15) is 9.90 Å². The van der Waals surface area contributed by atoms with Crippen LogP contribution >= 0.6 is 11.3 Å². The molecule has 0 aliphatic heterocycles. The third kappa shape index (κ3) is 1.54. The van der Waals surface area contributed by atoms with Crippen molar-refractivity contribution in [2.45, 2.75) is 0 Å². The fourth-order valence-corrected chi connectivity index (χ4v) is 1.92. The van der Waals surface area contributed by atoms with Crippen LogP contribution in [0.1, 0.15) is 10.4 Å². The van der Waals surface area contributed by atoms with Gasteiger partial charge in [-0.15, -0.1) is 0 Å². The summed E-state index contributed by atoms with van der Waals surface area (Å²) >= 11 is 1.60. The number of thiophene rings is 1. The number of hydrogen-bond acceptors (Lipinski definition) is 3. The molecule has 0 spiro atoms. The molecule has 70 valence electrons. The molecule has 0 radical (unpaired) electrons. The first-order valence-electron chi connectivity index (χ1n) is 4.12. The van der Waals surface area contributed by atoms with Gasteiger partial charge in [0.2, 0.25) is 0 Å². The molecule has 1 heterocycles. The molecule has 2 rings (SSSR count). The average molecular weight is 204 g/mol. The van der Waals surface area contributed by atoms with Gasteiger partial charge in [-0.25, -0.2) is 0 Å². The van der Waals surface area contributed by atoms with E-state index in [1.807, 2.05) is 22.9 Å². The highest BCUT2D eigenvalue weighted by molar-refractivity contribution is 7.08. The van der Waals surface area contributed by atoms with E-state index in [0.29, 0.717) is 11.8 Å². The largest absolute Gasteiger partial charge is 0.507 e. The molecule has 0 saturated heterocycles. The average Bonchev–Trinajstić information content (AvgIpc) is 2.70. The molecular weight excluding hydrogens is 196 g/mol. The highest BCUT2D eigenvalue weighted by Crippen LogP contribution is 2.26. The van der Waals surface area contributed by atoms with Crippen molar-refractivity contribution in [3.8, 4) is 16.9 Å². The van der Waals surface area contributed by atoms with E-state index in [1.165, 1.54) is 0 Å². The van der Waals surface area contributed by atoms with Gasteiger partial charge in [0.05, 0.1) is 5.56 Å². The van der Waals surface area contributed by atoms with E-state index in [0.717, 1.165) is 11.1 Å². The lowest BCUT2D eigenvalue weighted by Gasteiger charge is -2.00. The van der Waals surface area contributed by atoms with Crippen LogP contribution in [0.15, 0.2) is 35.0 Å². The molecule has 0 atom stereocenters. The van der Waals surface area contributed by atoms with Crippen molar-refractivity contribution in [2.75, 3.05) is 0 Å². The highest BCUT2D eigenvalue weighted by Gasteiger charge is 2.03. The molecule has 1 aromatic carbocycles. The van der Waals surface area contributed by atoms with Crippen LogP contribution in [0.4, 0.5) is 0 Å². The van der Waals surface area contributed by atoms with E-state index >= 15 is 0 Å². The minimum atomic E-state index is 0.0312. The van der Waals surface area contributed by atoms with Gasteiger partial charge in [0, 0.05) is 0 Å². The first-order valence-corrected chi connectivity index (χ1v) is 5.06. The summed E-state index contributed by atoms with van der Waals surface area (Å²) in [6.45, 7) is 0. The molecule has 0 unspecified atom stereocenters. The number of hydrogen-bond donors (Lipinski definition) is 1. The third-order valence-corrected chi connectivity index (χ3v) is 2.70. The number of carbonyl (C=O) groups is 1. The fraction of sp³-hybridized carbons (Fsp3) is 0. The molecule has 0 aliphatic rings. The topological polar surface area (TPSA) is 37.3 Å². The maximum absolute atomic E-state index is 10.5. The van der Waals surface area contributed by atoms with Crippen molar-refractivity contribution in [3.05, 3.63) is 40.6 Å². The molecule has 1 aromatic heterocycles. The van der Waals surface area contributed by atoms with Crippen LogP contribution in [0, 0.1) is 0 Å². The van der Waals surface area contributed by atoms with Crippen molar-refractivity contribution in [1.82, 2.24) is 0 Å². The van der Waals surface area contributed by atoms with Crippen molar-refractivity contribution < 1.29 is 9.90 Å². The Morgan fingerprint density at radius 1 is 1.21 bits per heavy atom. The Morgan fingerprint density at radius 3 is 2.64 bits per heavy atom. The van der Waals surface area contributed by atoms with E-state index in [-0.39, 0.29) is 5.75 Å². The van der Waals surface area contributed by atoms with E-state index < -0.39 is 0 Å². The summed E-state index contributed by atoms with van der Waals surface area (Å²) in [6.07, 6.45) is 0.646. The van der Waals surface area contributed by atoms with Gasteiger partial charge >= 0.3 is 0 Å². The Labute approximate surface area is 85.4 Å². The molecule has 0 amide bonds. The second-order valence-electron chi connectivity index (χ2n) is 2.90. The van der Waals surface area contributed by atoms with Crippen molar-refractivity contribution in [1.29, 1.82) is 0 Å². The van der Waals surface area contributed by atoms with Crippen molar-refractivity contribution >= 4 is 17.6 Å². The smallest absolute Gasteiger partial charge is 0.153 e. The summed E-state index contributed by atoms with van der Waals surface area (Å²) in [5.41, 5.74) is 2.31. The van der Waals surface area contributed by atoms with Crippen LogP contribution in [0.5, 0.6) is 5.75 Å². The Balaban J connectivity index is 2.48. The van der Waals surface area contributed by atoms with Gasteiger partial charge in [0.25, 0.3) is 0 Å². The predicted molar refractivity (Wildman–Crippen MR) is 56.8 cm³/mol. The summed E-state index contributed by atoms with van der Waals surface area (Å²) < 4.78 is 0. The lowest BCUT2D eigenvalue weighted by Crippen LogP contribution is -1.81. The number of aromatic hydroxyl groups is 1. The van der Waals surface area contributed by atoms with E-state index in [1.54, 1.807) is 23.5 Å². The van der Waals surface area contributed by atoms with Crippen molar-refractivity contribution in [3.63, 3.8) is 0 Å². The number of carbonyl (C=O) groups excluding carboxylic acids is 1. The summed E-state index contributed by atoms with van der Waals surface area (Å²) in [4.78, 5) is 10.5. The van der Waals surface area contributed by atoms with Crippen LogP contribution in [0.2, 0.25) is 0 Å². The normalized spacial score (nSPS) is 10.0. The number of phenols is 1. The second-order valence-corrected chi connectivity index (χ2v) is 3.68. The fourth-order valence-electron chi connectivity index (χ4n) is 1.25. The highest BCUT2D eigenvalue weighted by atomic mass is 32.1. The molecule has 1 N–H and O–H groups in total. The number of benzene rings is 1. The van der Waals surface area contributed by atoms with Crippen LogP contribution in [-0.4, -0.2) is 11.4 Å². The zero-order valence-corrected chi connectivity index (χ0v) is 8.12. The van der Waals surface area contributed by atoms with Gasteiger partial charge in [-0.2, -0.15) is 11.3 Å². The number of rotatable bonds is 2. The van der Waals surface area contributed by atoms with Crippen molar-refractivity contribution in [2.24, 2.45) is 0 Å². The summed E-state index contributed by atoms with van der Waals surface area (Å²) in [7, 11) is 0. The SMILES string of the molecule is O=Cc1ccc(-c2ccsc2)cc1O. The molecule has 0 fully saturated rings. The van der Waals surface area contributed by atoms with E-state index in [4.69, 9.17) is 0 Å². The quantitative estimate of drug-likeness (QED) is 0.763. The zero-order chi connectivity index (χ0) is 9.97. The predicted octanol–water partition coefficient (Wildman–Crippen LogP) is 2.93. The van der Waals surface area contributed by atoms with E-state index in [2.05, 4.69) is 0 Å². The van der Waals surface area contributed by atoms with Crippen LogP contribution in [0.3, 0.4) is 0 Å². The van der Waals surface area contributed by atoms with Gasteiger partial charge in [0.1, 0.15) is 5.75 Å². The standard InChI is InChI=1S/C11H8O2S/c12-6-9-2-1-8(5-11(9)13)10-3-4-14-7-10/h1-7,13H. The number of phenolic OH excluding ortho intramolecular Hbond substituents is 1. The Kier molecular flexibility index (Phi) is 2.33. The first-order chi connectivity index (χ1) is 6.81. The zero-order valence-electron chi connectivity index (χ0n) is 7.31. The maximum Gasteiger partial charge on any atom is 0.153 e. The van der Waals surface area contributed by atoms with Crippen LogP contribution in [0.25, 0.3) is 11.1 Å². The monoisotopic (exact) mass is 204 g/mol. The molecule has 2 aromatic rings. The molecule has 0 aliphatic carbocycles. The second kappa shape index (κ2) is 3.64. The Hall–Kier alpha value is -1.61. The van der Waals surface area contributed by atoms with Gasteiger partial charge in [0.15, 0.2) is 6.29 Å². The summed E-state index contributed by atoms with van der Waals surface area (Å²) in [6, 6.07) is 7.02. The van der Waals surface area contributed by atoms with Gasteiger partial charge < -0.3 is 5.11 Å². The third-order valence-electron chi connectivity index (χ3n) is 2.01. The molecule has 0 saturated carbocycles. The Bertz CT molecular complexity index is 446. The van der Waals surface area contributed by atoms with Crippen LogP contribution in [-0.2, 0) is 0 Å². The van der Waals surface area contributed by atoms with Gasteiger partial charge in [-0.3, -0.25) is 4.79 Å². The molecule has 0 bridgehead atoms. The lowest BCUT2D eigenvalue weighted by molar-refractivity contribution is 0.112. The first kappa shape index (κ1) is 8.97. The number of aldehydes is 1. The summed E-state index contributed by atoms with van der Waals surface area (Å²) in [5.74, 6) is 0.0312. The van der Waals surface area contributed by atoms with Gasteiger partial charge in [-0.05, 0) is 40.1 Å². The molecule has 2 nitrogen and oxygen atoms in total. The summed E-state index contributed by atoms with van der Waals surface area (Å²) in [5, 5.41) is 13.4. The lowest BCUT2D eigenvalue weighted by atomic mass is 10.1. The molecule has 3 heteroatoms. The molecule has 14 heavy (non-hydrogen) atoms. The minimum absolute atomic E-state index is 0.0312. The maximum atomic E-state index is 10.5. The molecular formula is C11H8O2S. The minimum Gasteiger partial charge on any atom is -0.507 e. The van der Waals surface area contributed by atoms with Gasteiger partial charge in [-0.1, -0.05) is 6.07 Å².